The Morgan fingerprint density at radius 2 is 1.95 bits per heavy atom. The second-order valence-electron chi connectivity index (χ2n) is 5.33. The molecule has 0 heterocycles. The molecule has 0 aromatic heterocycles. The topological polar surface area (TPSA) is 78.4 Å². The first-order chi connectivity index (χ1) is 10.0. The highest BCUT2D eigenvalue weighted by Crippen LogP contribution is 2.24. The van der Waals surface area contributed by atoms with E-state index in [2.05, 4.69) is 26.6 Å². The summed E-state index contributed by atoms with van der Waals surface area (Å²) in [6.07, 6.45) is 2.97. The van der Waals surface area contributed by atoms with Gasteiger partial charge in [-0.05, 0) is 43.9 Å². The van der Waals surface area contributed by atoms with Crippen molar-refractivity contribution in [1.29, 1.82) is 0 Å². The van der Waals surface area contributed by atoms with Crippen molar-refractivity contribution in [3.8, 4) is 0 Å². The van der Waals surface area contributed by atoms with E-state index >= 15 is 0 Å². The van der Waals surface area contributed by atoms with Crippen LogP contribution in [-0.4, -0.2) is 29.6 Å². The quantitative estimate of drug-likeness (QED) is 0.759. The second kappa shape index (κ2) is 7.56. The smallest absolute Gasteiger partial charge is 0.306 e. The molecule has 1 fully saturated rings. The zero-order valence-corrected chi connectivity index (χ0v) is 13.2. The summed E-state index contributed by atoms with van der Waals surface area (Å²) in [4.78, 5) is 22.7. The number of carboxylic acid groups (broad SMARTS) is 1. The predicted octanol–water partition coefficient (Wildman–Crippen LogP) is 2.62. The molecule has 6 heteroatoms. The first kappa shape index (κ1) is 16.0. The molecule has 1 amide bonds. The number of halogens is 1. The lowest BCUT2D eigenvalue weighted by Gasteiger charge is -2.26. The number of carbonyl (C=O) groups is 2. The molecule has 0 radical (unpaired) electrons. The maximum Gasteiger partial charge on any atom is 0.306 e. The lowest BCUT2D eigenvalue weighted by Crippen LogP contribution is -2.39. The Bertz CT molecular complexity index is 513. The number of aliphatic carboxylic acids is 1. The number of hydrogen-bond donors (Lipinski definition) is 3. The Balaban J connectivity index is 1.71. The summed E-state index contributed by atoms with van der Waals surface area (Å²) >= 11 is 3.36. The van der Waals surface area contributed by atoms with E-state index in [1.165, 1.54) is 0 Å². The molecule has 0 bridgehead atoms. The monoisotopic (exact) mass is 354 g/mol. The fraction of sp³-hybridized carbons (Fsp3) is 0.467. The van der Waals surface area contributed by atoms with Crippen LogP contribution in [0.15, 0.2) is 28.7 Å². The van der Waals surface area contributed by atoms with Crippen molar-refractivity contribution in [2.45, 2.75) is 31.7 Å². The molecular formula is C15H19BrN2O3. The lowest BCUT2D eigenvalue weighted by molar-refractivity contribution is -0.143. The van der Waals surface area contributed by atoms with E-state index in [1.54, 1.807) is 0 Å². The zero-order chi connectivity index (χ0) is 15.2. The van der Waals surface area contributed by atoms with Gasteiger partial charge in [0.2, 0.25) is 5.91 Å². The predicted molar refractivity (Wildman–Crippen MR) is 84.2 cm³/mol. The van der Waals surface area contributed by atoms with Gasteiger partial charge in [0.15, 0.2) is 0 Å². The van der Waals surface area contributed by atoms with Gasteiger partial charge in [-0.25, -0.2) is 0 Å². The Labute approximate surface area is 132 Å². The van der Waals surface area contributed by atoms with Gasteiger partial charge < -0.3 is 15.7 Å². The number of nitrogens with one attached hydrogen (secondary N) is 2. The standard InChI is InChI=1S/C15H19BrN2O3/c16-11-2-1-3-13(8-11)18-14(19)9-17-12-6-4-10(5-7-12)15(20)21/h1-3,8,10,12,17H,4-7,9H2,(H,18,19)(H,20,21). The van der Waals surface area contributed by atoms with E-state index in [1.807, 2.05) is 24.3 Å². The summed E-state index contributed by atoms with van der Waals surface area (Å²) < 4.78 is 0.917. The SMILES string of the molecule is O=C(CNC1CCC(C(=O)O)CC1)Nc1cccc(Br)c1. The van der Waals surface area contributed by atoms with Gasteiger partial charge in [-0.15, -0.1) is 0 Å². The van der Waals surface area contributed by atoms with Crippen molar-refractivity contribution in [3.05, 3.63) is 28.7 Å². The molecule has 1 aromatic carbocycles. The molecule has 3 N–H and O–H groups in total. The maximum absolute atomic E-state index is 11.9. The number of anilines is 1. The van der Waals surface area contributed by atoms with Crippen molar-refractivity contribution in [2.75, 3.05) is 11.9 Å². The summed E-state index contributed by atoms with van der Waals surface area (Å²) in [7, 11) is 0. The van der Waals surface area contributed by atoms with Crippen LogP contribution in [0.2, 0.25) is 0 Å². The van der Waals surface area contributed by atoms with E-state index in [-0.39, 0.29) is 24.4 Å². The summed E-state index contributed by atoms with van der Waals surface area (Å²) in [5, 5.41) is 15.0. The van der Waals surface area contributed by atoms with Crippen LogP contribution in [0.1, 0.15) is 25.7 Å². The number of carboxylic acids is 1. The highest BCUT2D eigenvalue weighted by atomic mass is 79.9. The van der Waals surface area contributed by atoms with Crippen molar-refractivity contribution in [1.82, 2.24) is 5.32 Å². The molecular weight excluding hydrogens is 336 g/mol. The van der Waals surface area contributed by atoms with Crippen molar-refractivity contribution in [3.63, 3.8) is 0 Å². The molecule has 0 aliphatic heterocycles. The van der Waals surface area contributed by atoms with Gasteiger partial charge in [0.05, 0.1) is 12.5 Å². The van der Waals surface area contributed by atoms with Crippen molar-refractivity contribution < 1.29 is 14.7 Å². The third kappa shape index (κ3) is 5.13. The normalized spacial score (nSPS) is 21.8. The summed E-state index contributed by atoms with van der Waals surface area (Å²) in [6, 6.07) is 7.67. The van der Waals surface area contributed by atoms with Crippen LogP contribution >= 0.6 is 15.9 Å². The molecule has 1 aliphatic carbocycles. The highest BCUT2D eigenvalue weighted by Gasteiger charge is 2.25. The fourth-order valence-electron chi connectivity index (χ4n) is 2.55. The Morgan fingerprint density at radius 3 is 2.57 bits per heavy atom. The molecule has 1 aliphatic rings. The van der Waals surface area contributed by atoms with E-state index in [0.717, 1.165) is 23.0 Å². The molecule has 0 saturated heterocycles. The zero-order valence-electron chi connectivity index (χ0n) is 11.6. The van der Waals surface area contributed by atoms with Crippen molar-refractivity contribution in [2.24, 2.45) is 5.92 Å². The number of amides is 1. The third-order valence-electron chi connectivity index (χ3n) is 3.74. The van der Waals surface area contributed by atoms with Crippen LogP contribution in [-0.2, 0) is 9.59 Å². The lowest BCUT2D eigenvalue weighted by atomic mass is 9.86. The summed E-state index contributed by atoms with van der Waals surface area (Å²) in [5.41, 5.74) is 0.755. The number of hydrogen-bond acceptors (Lipinski definition) is 3. The Kier molecular flexibility index (Phi) is 5.76. The summed E-state index contributed by atoms with van der Waals surface area (Å²) in [6.45, 7) is 0.245. The maximum atomic E-state index is 11.9. The van der Waals surface area contributed by atoms with Crippen LogP contribution < -0.4 is 10.6 Å². The first-order valence-corrected chi connectivity index (χ1v) is 7.85. The second-order valence-corrected chi connectivity index (χ2v) is 6.24. The molecule has 0 spiro atoms. The van der Waals surface area contributed by atoms with Gasteiger partial charge in [-0.2, -0.15) is 0 Å². The molecule has 0 atom stereocenters. The van der Waals surface area contributed by atoms with Crippen LogP contribution in [0.5, 0.6) is 0 Å². The van der Waals surface area contributed by atoms with Crippen LogP contribution in [0, 0.1) is 5.92 Å². The van der Waals surface area contributed by atoms with Gasteiger partial charge in [-0.3, -0.25) is 9.59 Å². The van der Waals surface area contributed by atoms with Gasteiger partial charge in [-0.1, -0.05) is 22.0 Å². The first-order valence-electron chi connectivity index (χ1n) is 7.06. The fourth-order valence-corrected chi connectivity index (χ4v) is 2.95. The van der Waals surface area contributed by atoms with Gasteiger partial charge in [0, 0.05) is 16.2 Å². The Morgan fingerprint density at radius 1 is 1.24 bits per heavy atom. The molecule has 1 saturated carbocycles. The molecule has 0 unspecified atom stereocenters. The largest absolute Gasteiger partial charge is 0.481 e. The van der Waals surface area contributed by atoms with E-state index in [0.29, 0.717) is 12.8 Å². The molecule has 5 nitrogen and oxygen atoms in total. The van der Waals surface area contributed by atoms with E-state index in [4.69, 9.17) is 5.11 Å². The number of rotatable bonds is 5. The van der Waals surface area contributed by atoms with Gasteiger partial charge in [0.25, 0.3) is 0 Å². The Hall–Kier alpha value is -1.40. The number of benzene rings is 1. The molecule has 21 heavy (non-hydrogen) atoms. The highest BCUT2D eigenvalue weighted by molar-refractivity contribution is 9.10. The van der Waals surface area contributed by atoms with Crippen molar-refractivity contribution >= 4 is 33.5 Å². The summed E-state index contributed by atoms with van der Waals surface area (Å²) in [5.74, 6) is -1.02. The van der Waals surface area contributed by atoms with Crippen LogP contribution in [0.4, 0.5) is 5.69 Å². The van der Waals surface area contributed by atoms with Crippen LogP contribution in [0.3, 0.4) is 0 Å². The minimum atomic E-state index is -0.708. The number of carbonyl (C=O) groups excluding carboxylic acids is 1. The molecule has 2 rings (SSSR count). The minimum absolute atomic E-state index is 0.0894. The average molecular weight is 355 g/mol. The van der Waals surface area contributed by atoms with E-state index < -0.39 is 5.97 Å². The minimum Gasteiger partial charge on any atom is -0.481 e. The molecule has 1 aromatic rings. The molecule has 114 valence electrons. The van der Waals surface area contributed by atoms with Gasteiger partial charge >= 0.3 is 5.97 Å². The van der Waals surface area contributed by atoms with Gasteiger partial charge in [0.1, 0.15) is 0 Å². The van der Waals surface area contributed by atoms with Crippen LogP contribution in [0.25, 0.3) is 0 Å². The average Bonchev–Trinajstić information content (AvgIpc) is 2.45. The van der Waals surface area contributed by atoms with E-state index in [9.17, 15) is 9.59 Å². The third-order valence-corrected chi connectivity index (χ3v) is 4.23.